The van der Waals surface area contributed by atoms with E-state index in [9.17, 15) is 0 Å². The summed E-state index contributed by atoms with van der Waals surface area (Å²) in [6, 6.07) is 2.25. The molecule has 1 aliphatic rings. The molecule has 2 rings (SSSR count). The molecule has 1 aromatic heterocycles. The zero-order chi connectivity index (χ0) is 11.4. The van der Waals surface area contributed by atoms with Crippen molar-refractivity contribution in [3.8, 4) is 0 Å². The van der Waals surface area contributed by atoms with Gasteiger partial charge in [-0.25, -0.2) is 0 Å². The first-order valence-electron chi connectivity index (χ1n) is 6.46. The zero-order valence-corrected chi connectivity index (χ0v) is 10.4. The predicted molar refractivity (Wildman–Crippen MR) is 64.8 cm³/mol. The molecule has 0 amide bonds. The molecule has 0 radical (unpaired) electrons. The van der Waals surface area contributed by atoms with Gasteiger partial charge in [0.1, 0.15) is 11.5 Å². The van der Waals surface area contributed by atoms with Gasteiger partial charge >= 0.3 is 0 Å². The summed E-state index contributed by atoms with van der Waals surface area (Å²) in [5.41, 5.74) is 1.38. The van der Waals surface area contributed by atoms with Crippen LogP contribution in [0.2, 0.25) is 0 Å². The third kappa shape index (κ3) is 2.67. The van der Waals surface area contributed by atoms with Gasteiger partial charge in [-0.05, 0) is 30.9 Å². The van der Waals surface area contributed by atoms with Gasteiger partial charge < -0.3 is 9.15 Å². The third-order valence-electron chi connectivity index (χ3n) is 3.44. The maximum absolute atomic E-state index is 5.93. The second-order valence-corrected chi connectivity index (χ2v) is 4.72. The lowest BCUT2D eigenvalue weighted by molar-refractivity contribution is 0.0960. The van der Waals surface area contributed by atoms with Crippen molar-refractivity contribution >= 4 is 0 Å². The van der Waals surface area contributed by atoms with Crippen LogP contribution < -0.4 is 0 Å². The standard InChI is InChI=1S/C14H22O2/c1-3-4-6-13-10-11-9-12(15-2)7-5-8-14(11)16-13/h10,12H,3-9H2,1-2H3/t12-/m1/s1. The van der Waals surface area contributed by atoms with E-state index in [0.717, 1.165) is 25.7 Å². The van der Waals surface area contributed by atoms with Crippen LogP contribution in [0.25, 0.3) is 0 Å². The minimum Gasteiger partial charge on any atom is -0.466 e. The lowest BCUT2D eigenvalue weighted by Gasteiger charge is -2.10. The topological polar surface area (TPSA) is 22.4 Å². The van der Waals surface area contributed by atoms with Crippen LogP contribution in [0.3, 0.4) is 0 Å². The van der Waals surface area contributed by atoms with Gasteiger partial charge in [-0.3, -0.25) is 0 Å². The maximum atomic E-state index is 5.93. The molecule has 1 heterocycles. The second-order valence-electron chi connectivity index (χ2n) is 4.72. The first-order valence-corrected chi connectivity index (χ1v) is 6.46. The van der Waals surface area contributed by atoms with Crippen molar-refractivity contribution in [3.63, 3.8) is 0 Å². The van der Waals surface area contributed by atoms with E-state index in [1.165, 1.54) is 36.3 Å². The van der Waals surface area contributed by atoms with Crippen LogP contribution in [-0.4, -0.2) is 13.2 Å². The van der Waals surface area contributed by atoms with Crippen molar-refractivity contribution in [3.05, 3.63) is 23.2 Å². The number of furan rings is 1. The first kappa shape index (κ1) is 11.7. The lowest BCUT2D eigenvalue weighted by Crippen LogP contribution is -2.11. The first-order chi connectivity index (χ1) is 7.83. The molecule has 0 N–H and O–H groups in total. The number of unbranched alkanes of at least 4 members (excludes halogenated alkanes) is 1. The van der Waals surface area contributed by atoms with Crippen LogP contribution in [0.1, 0.15) is 49.7 Å². The molecule has 16 heavy (non-hydrogen) atoms. The molecule has 0 saturated carbocycles. The molecule has 0 unspecified atom stereocenters. The van der Waals surface area contributed by atoms with E-state index in [0.29, 0.717) is 6.10 Å². The molecule has 2 heteroatoms. The van der Waals surface area contributed by atoms with Crippen molar-refractivity contribution in [2.24, 2.45) is 0 Å². The molecular weight excluding hydrogens is 200 g/mol. The quantitative estimate of drug-likeness (QED) is 0.727. The van der Waals surface area contributed by atoms with Crippen molar-refractivity contribution in [2.75, 3.05) is 7.11 Å². The maximum Gasteiger partial charge on any atom is 0.107 e. The Bertz CT molecular complexity index is 327. The number of methoxy groups -OCH3 is 1. The summed E-state index contributed by atoms with van der Waals surface area (Å²) in [4.78, 5) is 0. The molecule has 1 aromatic rings. The average molecular weight is 222 g/mol. The molecule has 0 bridgehead atoms. The number of rotatable bonds is 4. The molecule has 0 aromatic carbocycles. The predicted octanol–water partition coefficient (Wildman–Crippen LogP) is 3.52. The molecule has 0 spiro atoms. The Labute approximate surface area is 98.0 Å². The Balaban J connectivity index is 2.07. The fourth-order valence-electron chi connectivity index (χ4n) is 2.43. The zero-order valence-electron chi connectivity index (χ0n) is 10.4. The monoisotopic (exact) mass is 222 g/mol. The van der Waals surface area contributed by atoms with Gasteiger partial charge in [-0.2, -0.15) is 0 Å². The van der Waals surface area contributed by atoms with Crippen molar-refractivity contribution in [2.45, 2.75) is 58.0 Å². The largest absolute Gasteiger partial charge is 0.466 e. The van der Waals surface area contributed by atoms with Gasteiger partial charge in [0.2, 0.25) is 0 Å². The summed E-state index contributed by atoms with van der Waals surface area (Å²) in [6.07, 6.45) is 8.38. The highest BCUT2D eigenvalue weighted by molar-refractivity contribution is 5.24. The van der Waals surface area contributed by atoms with Crippen LogP contribution in [0.15, 0.2) is 10.5 Å². The van der Waals surface area contributed by atoms with Crippen LogP contribution in [0.4, 0.5) is 0 Å². The van der Waals surface area contributed by atoms with E-state index in [1.807, 2.05) is 7.11 Å². The summed E-state index contributed by atoms with van der Waals surface area (Å²) in [5, 5.41) is 0. The molecule has 0 fully saturated rings. The van der Waals surface area contributed by atoms with E-state index in [2.05, 4.69) is 13.0 Å². The molecule has 90 valence electrons. The summed E-state index contributed by atoms with van der Waals surface area (Å²) in [5.74, 6) is 2.38. The smallest absolute Gasteiger partial charge is 0.107 e. The normalized spacial score (nSPS) is 20.5. The fraction of sp³-hybridized carbons (Fsp3) is 0.714. The number of hydrogen-bond acceptors (Lipinski definition) is 2. The van der Waals surface area contributed by atoms with Gasteiger partial charge in [-0.1, -0.05) is 13.3 Å². The number of aryl methyl sites for hydroxylation is 2. The Hall–Kier alpha value is -0.760. The van der Waals surface area contributed by atoms with Crippen molar-refractivity contribution in [1.29, 1.82) is 0 Å². The number of ether oxygens (including phenoxy) is 1. The van der Waals surface area contributed by atoms with Crippen molar-refractivity contribution < 1.29 is 9.15 Å². The Morgan fingerprint density at radius 1 is 1.50 bits per heavy atom. The minimum absolute atomic E-state index is 0.387. The van der Waals surface area contributed by atoms with Gasteiger partial charge in [0.15, 0.2) is 0 Å². The molecule has 1 atom stereocenters. The van der Waals surface area contributed by atoms with Crippen molar-refractivity contribution in [1.82, 2.24) is 0 Å². The molecule has 1 aliphatic carbocycles. The van der Waals surface area contributed by atoms with E-state index in [-0.39, 0.29) is 0 Å². The molecule has 0 saturated heterocycles. The minimum atomic E-state index is 0.387. The van der Waals surface area contributed by atoms with Crippen LogP contribution in [0, 0.1) is 0 Å². The Morgan fingerprint density at radius 3 is 3.12 bits per heavy atom. The summed E-state index contributed by atoms with van der Waals surface area (Å²) in [7, 11) is 1.81. The Kier molecular flexibility index (Phi) is 4.05. The van der Waals surface area contributed by atoms with E-state index in [4.69, 9.17) is 9.15 Å². The van der Waals surface area contributed by atoms with E-state index in [1.54, 1.807) is 0 Å². The highest BCUT2D eigenvalue weighted by atomic mass is 16.5. The molecule has 2 nitrogen and oxygen atoms in total. The Morgan fingerprint density at radius 2 is 2.38 bits per heavy atom. The number of hydrogen-bond donors (Lipinski definition) is 0. The highest BCUT2D eigenvalue weighted by Crippen LogP contribution is 2.26. The van der Waals surface area contributed by atoms with Gasteiger partial charge in [0, 0.05) is 26.4 Å². The van der Waals surface area contributed by atoms with E-state index >= 15 is 0 Å². The van der Waals surface area contributed by atoms with Gasteiger partial charge in [0.25, 0.3) is 0 Å². The third-order valence-corrected chi connectivity index (χ3v) is 3.44. The summed E-state index contributed by atoms with van der Waals surface area (Å²) < 4.78 is 11.4. The highest BCUT2D eigenvalue weighted by Gasteiger charge is 2.19. The SMILES string of the molecule is CCCCc1cc2c(o1)CCC[C@@H](OC)C2. The number of fused-ring (bicyclic) bond motifs is 1. The van der Waals surface area contributed by atoms with E-state index < -0.39 is 0 Å². The van der Waals surface area contributed by atoms with Crippen LogP contribution in [-0.2, 0) is 24.0 Å². The van der Waals surface area contributed by atoms with Gasteiger partial charge in [0.05, 0.1) is 6.10 Å². The van der Waals surface area contributed by atoms with Crippen LogP contribution in [0.5, 0.6) is 0 Å². The van der Waals surface area contributed by atoms with Crippen LogP contribution >= 0.6 is 0 Å². The molecular formula is C14H22O2. The fourth-order valence-corrected chi connectivity index (χ4v) is 2.43. The average Bonchev–Trinajstić information content (AvgIpc) is 2.57. The molecule has 0 aliphatic heterocycles. The second kappa shape index (κ2) is 5.53. The summed E-state index contributed by atoms with van der Waals surface area (Å²) >= 11 is 0. The summed E-state index contributed by atoms with van der Waals surface area (Å²) in [6.45, 7) is 2.22. The lowest BCUT2D eigenvalue weighted by atomic mass is 10.1. The van der Waals surface area contributed by atoms with Gasteiger partial charge in [-0.15, -0.1) is 0 Å².